The first-order chi connectivity index (χ1) is 10.3. The van der Waals surface area contributed by atoms with Gasteiger partial charge in [-0.2, -0.15) is 0 Å². The van der Waals surface area contributed by atoms with Gasteiger partial charge in [0.15, 0.2) is 14.6 Å². The van der Waals surface area contributed by atoms with Crippen LogP contribution in [0.5, 0.6) is 0 Å². The lowest BCUT2D eigenvalue weighted by Crippen LogP contribution is -2.48. The van der Waals surface area contributed by atoms with E-state index in [1.165, 1.54) is 19.2 Å². The van der Waals surface area contributed by atoms with Gasteiger partial charge in [-0.05, 0) is 25.0 Å². The molecule has 0 atom stereocenters. The lowest BCUT2D eigenvalue weighted by molar-refractivity contribution is -0.384. The van der Waals surface area contributed by atoms with Crippen LogP contribution < -0.4 is 0 Å². The molecule has 0 heterocycles. The standard InChI is InChI=1S/C14H17NO6S/c1-21-13(16)14(9-3-2-4-10-14)22(19,20)12-7-5-11(6-8-12)15(17)18/h5-8H,2-4,9-10H2,1H3. The molecule has 0 saturated heterocycles. The molecule has 1 aliphatic rings. The van der Waals surface area contributed by atoms with Crippen molar-refractivity contribution < 1.29 is 22.9 Å². The van der Waals surface area contributed by atoms with Crippen molar-refractivity contribution in [2.24, 2.45) is 0 Å². The van der Waals surface area contributed by atoms with Crippen molar-refractivity contribution in [3.8, 4) is 0 Å². The SMILES string of the molecule is COC(=O)C1(S(=O)(=O)c2ccc([N+](=O)[O-])cc2)CCCCC1. The molecule has 1 aromatic rings. The van der Waals surface area contributed by atoms with E-state index < -0.39 is 25.5 Å². The Balaban J connectivity index is 2.49. The molecule has 0 radical (unpaired) electrons. The summed E-state index contributed by atoms with van der Waals surface area (Å²) in [6.07, 6.45) is 2.54. The number of nitro benzene ring substituents is 1. The zero-order valence-electron chi connectivity index (χ0n) is 12.1. The zero-order valence-corrected chi connectivity index (χ0v) is 13.0. The molecule has 1 aliphatic carbocycles. The van der Waals surface area contributed by atoms with E-state index in [1.807, 2.05) is 0 Å². The number of rotatable bonds is 4. The summed E-state index contributed by atoms with van der Waals surface area (Å²) in [5.74, 6) is -0.759. The average Bonchev–Trinajstić information content (AvgIpc) is 2.54. The molecule has 1 saturated carbocycles. The summed E-state index contributed by atoms with van der Waals surface area (Å²) in [4.78, 5) is 22.1. The van der Waals surface area contributed by atoms with Gasteiger partial charge in [0.05, 0.1) is 16.9 Å². The number of hydrogen-bond acceptors (Lipinski definition) is 6. The fourth-order valence-electron chi connectivity index (χ4n) is 2.86. The van der Waals surface area contributed by atoms with Crippen LogP contribution in [0.2, 0.25) is 0 Å². The minimum Gasteiger partial charge on any atom is -0.468 e. The van der Waals surface area contributed by atoms with Crippen LogP contribution in [0.1, 0.15) is 32.1 Å². The highest BCUT2D eigenvalue weighted by atomic mass is 32.2. The number of nitro groups is 1. The highest BCUT2D eigenvalue weighted by Gasteiger charge is 2.52. The van der Waals surface area contributed by atoms with Crippen molar-refractivity contribution in [3.05, 3.63) is 34.4 Å². The number of non-ortho nitro benzene ring substituents is 1. The Morgan fingerprint density at radius 2 is 1.73 bits per heavy atom. The third kappa shape index (κ3) is 2.58. The molecular formula is C14H17NO6S. The Morgan fingerprint density at radius 1 is 1.18 bits per heavy atom. The Hall–Kier alpha value is -1.96. The second kappa shape index (κ2) is 6.04. The van der Waals surface area contributed by atoms with Crippen LogP contribution in [-0.4, -0.2) is 31.2 Å². The summed E-state index contributed by atoms with van der Waals surface area (Å²) in [6.45, 7) is 0. The van der Waals surface area contributed by atoms with E-state index in [4.69, 9.17) is 4.74 Å². The average molecular weight is 327 g/mol. The molecule has 0 bridgehead atoms. The van der Waals surface area contributed by atoms with E-state index in [0.717, 1.165) is 18.6 Å². The summed E-state index contributed by atoms with van der Waals surface area (Å²) in [7, 11) is -2.80. The molecule has 0 aromatic heterocycles. The smallest absolute Gasteiger partial charge is 0.327 e. The molecule has 0 aliphatic heterocycles. The maximum atomic E-state index is 12.9. The summed E-state index contributed by atoms with van der Waals surface area (Å²) in [5, 5.41) is 10.7. The zero-order chi connectivity index (χ0) is 16.4. The van der Waals surface area contributed by atoms with Crippen LogP contribution in [0.3, 0.4) is 0 Å². The number of nitrogens with zero attached hydrogens (tertiary/aromatic N) is 1. The maximum absolute atomic E-state index is 12.9. The Labute approximate surface area is 128 Å². The normalized spacial score (nSPS) is 17.7. The van der Waals surface area contributed by atoms with E-state index in [2.05, 4.69) is 0 Å². The fraction of sp³-hybridized carbons (Fsp3) is 0.500. The van der Waals surface area contributed by atoms with Crippen molar-refractivity contribution in [3.63, 3.8) is 0 Å². The van der Waals surface area contributed by atoms with Gasteiger partial charge in [0, 0.05) is 12.1 Å². The summed E-state index contributed by atoms with van der Waals surface area (Å²) in [5.41, 5.74) is -0.199. The quantitative estimate of drug-likeness (QED) is 0.477. The van der Waals surface area contributed by atoms with Crippen LogP contribution in [0.15, 0.2) is 29.2 Å². The Kier molecular flexibility index (Phi) is 4.50. The molecule has 7 nitrogen and oxygen atoms in total. The molecule has 1 fully saturated rings. The topological polar surface area (TPSA) is 104 Å². The van der Waals surface area contributed by atoms with E-state index in [-0.39, 0.29) is 23.4 Å². The molecular weight excluding hydrogens is 310 g/mol. The van der Waals surface area contributed by atoms with Crippen LogP contribution >= 0.6 is 0 Å². The fourth-order valence-corrected chi connectivity index (χ4v) is 4.94. The molecule has 8 heteroatoms. The van der Waals surface area contributed by atoms with Crippen LogP contribution in [0, 0.1) is 10.1 Å². The van der Waals surface area contributed by atoms with Gasteiger partial charge in [0.1, 0.15) is 0 Å². The second-order valence-corrected chi connectivity index (χ2v) is 7.56. The van der Waals surface area contributed by atoms with Gasteiger partial charge in [0.2, 0.25) is 0 Å². The van der Waals surface area contributed by atoms with E-state index in [9.17, 15) is 23.3 Å². The van der Waals surface area contributed by atoms with Crippen molar-refractivity contribution in [1.82, 2.24) is 0 Å². The van der Waals surface area contributed by atoms with Crippen molar-refractivity contribution >= 4 is 21.5 Å². The van der Waals surface area contributed by atoms with Gasteiger partial charge in [-0.1, -0.05) is 19.3 Å². The molecule has 0 N–H and O–H groups in total. The van der Waals surface area contributed by atoms with Gasteiger partial charge >= 0.3 is 5.97 Å². The molecule has 0 unspecified atom stereocenters. The van der Waals surface area contributed by atoms with E-state index in [1.54, 1.807) is 0 Å². The number of methoxy groups -OCH3 is 1. The van der Waals surface area contributed by atoms with Gasteiger partial charge in [-0.25, -0.2) is 8.42 Å². The predicted octanol–water partition coefficient (Wildman–Crippen LogP) is 2.24. The van der Waals surface area contributed by atoms with E-state index >= 15 is 0 Å². The highest BCUT2D eigenvalue weighted by molar-refractivity contribution is 7.93. The summed E-state index contributed by atoms with van der Waals surface area (Å²) < 4.78 is 29.0. The number of benzene rings is 1. The Bertz CT molecular complexity index is 674. The minimum atomic E-state index is -3.97. The molecule has 2 rings (SSSR count). The number of sulfone groups is 1. The highest BCUT2D eigenvalue weighted by Crippen LogP contribution is 2.40. The van der Waals surface area contributed by atoms with Gasteiger partial charge < -0.3 is 4.74 Å². The van der Waals surface area contributed by atoms with Gasteiger partial charge in [-0.15, -0.1) is 0 Å². The number of hydrogen-bond donors (Lipinski definition) is 0. The lowest BCUT2D eigenvalue weighted by Gasteiger charge is -2.33. The first kappa shape index (κ1) is 16.4. The number of carbonyl (C=O) groups excluding carboxylic acids is 1. The van der Waals surface area contributed by atoms with Crippen molar-refractivity contribution in [2.75, 3.05) is 7.11 Å². The van der Waals surface area contributed by atoms with Gasteiger partial charge in [-0.3, -0.25) is 14.9 Å². The molecule has 0 amide bonds. The Morgan fingerprint density at radius 3 is 2.18 bits per heavy atom. The minimum absolute atomic E-state index is 0.0922. The van der Waals surface area contributed by atoms with E-state index in [0.29, 0.717) is 12.8 Å². The first-order valence-corrected chi connectivity index (χ1v) is 8.41. The lowest BCUT2D eigenvalue weighted by atomic mass is 9.88. The third-order valence-electron chi connectivity index (χ3n) is 4.09. The second-order valence-electron chi connectivity index (χ2n) is 5.30. The molecule has 22 heavy (non-hydrogen) atoms. The molecule has 1 aromatic carbocycles. The molecule has 120 valence electrons. The monoisotopic (exact) mass is 327 g/mol. The predicted molar refractivity (Wildman–Crippen MR) is 78.1 cm³/mol. The third-order valence-corrected chi connectivity index (χ3v) is 6.59. The molecule has 0 spiro atoms. The van der Waals surface area contributed by atoms with Crippen molar-refractivity contribution in [2.45, 2.75) is 41.7 Å². The number of esters is 1. The number of carbonyl (C=O) groups is 1. The van der Waals surface area contributed by atoms with Crippen molar-refractivity contribution in [1.29, 1.82) is 0 Å². The maximum Gasteiger partial charge on any atom is 0.327 e. The first-order valence-electron chi connectivity index (χ1n) is 6.93. The van der Waals surface area contributed by atoms with Crippen LogP contribution in [-0.2, 0) is 19.4 Å². The largest absolute Gasteiger partial charge is 0.468 e. The van der Waals surface area contributed by atoms with Crippen LogP contribution in [0.25, 0.3) is 0 Å². The van der Waals surface area contributed by atoms with Crippen LogP contribution in [0.4, 0.5) is 5.69 Å². The summed E-state index contributed by atoms with van der Waals surface area (Å²) >= 11 is 0. The van der Waals surface area contributed by atoms with Gasteiger partial charge in [0.25, 0.3) is 5.69 Å². The summed E-state index contributed by atoms with van der Waals surface area (Å²) in [6, 6.07) is 4.60. The number of ether oxygens (including phenoxy) is 1.